The number of hydrogen-bond acceptors (Lipinski definition) is 6. The van der Waals surface area contributed by atoms with Crippen molar-refractivity contribution in [2.45, 2.75) is 50.4 Å². The fourth-order valence-electron chi connectivity index (χ4n) is 5.19. The van der Waals surface area contributed by atoms with Gasteiger partial charge in [-0.1, -0.05) is 6.07 Å². The van der Waals surface area contributed by atoms with E-state index in [4.69, 9.17) is 5.73 Å². The lowest BCUT2D eigenvalue weighted by Crippen LogP contribution is -2.54. The highest BCUT2D eigenvalue weighted by Gasteiger charge is 2.46. The van der Waals surface area contributed by atoms with Crippen molar-refractivity contribution in [3.05, 3.63) is 34.9 Å². The van der Waals surface area contributed by atoms with Crippen LogP contribution < -0.4 is 11.1 Å². The quantitative estimate of drug-likeness (QED) is 0.712. The molecule has 4 aliphatic rings. The minimum atomic E-state index is -0.930. The van der Waals surface area contributed by atoms with Crippen LogP contribution in [0.3, 0.4) is 0 Å². The Labute approximate surface area is 162 Å². The number of nitrogens with zero attached hydrogens (tertiary/aromatic N) is 2. The second-order valence-corrected chi connectivity index (χ2v) is 8.24. The molecule has 146 valence electrons. The third-order valence-corrected chi connectivity index (χ3v) is 6.65. The molecule has 1 saturated carbocycles. The van der Waals surface area contributed by atoms with Gasteiger partial charge in [-0.2, -0.15) is 0 Å². The van der Waals surface area contributed by atoms with Gasteiger partial charge in [0.25, 0.3) is 11.8 Å². The molecule has 8 heteroatoms. The highest BCUT2D eigenvalue weighted by atomic mass is 16.2. The first-order valence-corrected chi connectivity index (χ1v) is 9.78. The Morgan fingerprint density at radius 1 is 1.04 bits per heavy atom. The molecule has 4 amide bonds. The Morgan fingerprint density at radius 2 is 1.82 bits per heavy atom. The van der Waals surface area contributed by atoms with E-state index in [0.717, 1.165) is 23.4 Å². The van der Waals surface area contributed by atoms with E-state index in [0.29, 0.717) is 29.6 Å². The summed E-state index contributed by atoms with van der Waals surface area (Å²) in [4.78, 5) is 52.5. The normalized spacial score (nSPS) is 32.2. The fraction of sp³-hybridized carbons (Fsp3) is 0.500. The highest BCUT2D eigenvalue weighted by Crippen LogP contribution is 2.38. The molecule has 3 fully saturated rings. The van der Waals surface area contributed by atoms with E-state index in [2.05, 4.69) is 10.2 Å². The van der Waals surface area contributed by atoms with E-state index in [1.165, 1.54) is 6.42 Å². The number of benzene rings is 1. The van der Waals surface area contributed by atoms with Crippen molar-refractivity contribution in [1.82, 2.24) is 15.1 Å². The molecule has 5 rings (SSSR count). The summed E-state index contributed by atoms with van der Waals surface area (Å²) in [5.41, 5.74) is 7.89. The first-order chi connectivity index (χ1) is 13.4. The lowest BCUT2D eigenvalue weighted by molar-refractivity contribution is -0.136. The molecule has 1 aromatic rings. The van der Waals surface area contributed by atoms with Crippen molar-refractivity contribution in [3.8, 4) is 0 Å². The number of amides is 4. The van der Waals surface area contributed by atoms with Gasteiger partial charge in [0.15, 0.2) is 0 Å². The predicted octanol–water partition coefficient (Wildman–Crippen LogP) is 0.00930. The van der Waals surface area contributed by atoms with Crippen LogP contribution in [0.25, 0.3) is 0 Å². The van der Waals surface area contributed by atoms with Gasteiger partial charge in [-0.3, -0.25) is 34.3 Å². The summed E-state index contributed by atoms with van der Waals surface area (Å²) in [5, 5.41) is 2.21. The summed E-state index contributed by atoms with van der Waals surface area (Å²) < 4.78 is 0. The van der Waals surface area contributed by atoms with E-state index < -0.39 is 23.8 Å². The molecule has 3 heterocycles. The number of carbonyl (C=O) groups excluding carboxylic acids is 4. The number of piperidine rings is 2. The summed E-state index contributed by atoms with van der Waals surface area (Å²) in [6, 6.07) is 4.98. The fourth-order valence-corrected chi connectivity index (χ4v) is 5.19. The number of hydrogen-bond donors (Lipinski definition) is 2. The Morgan fingerprint density at radius 3 is 2.50 bits per heavy atom. The van der Waals surface area contributed by atoms with Crippen molar-refractivity contribution < 1.29 is 19.2 Å². The van der Waals surface area contributed by atoms with Crippen LogP contribution in [0.2, 0.25) is 0 Å². The van der Waals surface area contributed by atoms with Crippen molar-refractivity contribution >= 4 is 23.6 Å². The number of rotatable bonds is 3. The van der Waals surface area contributed by atoms with E-state index >= 15 is 0 Å². The molecule has 2 bridgehead atoms. The monoisotopic (exact) mass is 382 g/mol. The van der Waals surface area contributed by atoms with Gasteiger partial charge < -0.3 is 5.73 Å². The van der Waals surface area contributed by atoms with Crippen LogP contribution in [-0.2, 0) is 16.1 Å². The summed E-state index contributed by atoms with van der Waals surface area (Å²) in [7, 11) is 0. The molecule has 0 aromatic heterocycles. The molecule has 28 heavy (non-hydrogen) atoms. The Kier molecular flexibility index (Phi) is 3.89. The standard InChI is InChI=1S/C20H22N4O4/c21-17-11-2-4-14(17)23(9-11)8-10-1-3-12-13(7-10)20(28)24(19(12)27)15-5-6-16(25)22-18(15)26/h1,3,7,11,14-15,17H,2,4-6,8-9,21H2,(H,22,25,26)/t11-,14-,15?,17-/m1/s1. The van der Waals surface area contributed by atoms with Gasteiger partial charge >= 0.3 is 0 Å². The average molecular weight is 382 g/mol. The Bertz CT molecular complexity index is 913. The zero-order valence-electron chi connectivity index (χ0n) is 15.4. The second kappa shape index (κ2) is 6.22. The smallest absolute Gasteiger partial charge is 0.262 e. The molecule has 8 nitrogen and oxygen atoms in total. The third-order valence-electron chi connectivity index (χ3n) is 6.65. The number of imide groups is 2. The number of carbonyl (C=O) groups is 4. The molecule has 1 unspecified atom stereocenters. The van der Waals surface area contributed by atoms with Crippen LogP contribution in [0.15, 0.2) is 18.2 Å². The van der Waals surface area contributed by atoms with Crippen LogP contribution in [0.5, 0.6) is 0 Å². The van der Waals surface area contributed by atoms with Gasteiger partial charge in [-0.05, 0) is 42.9 Å². The molecular formula is C20H22N4O4. The SMILES string of the molecule is N[C@@H]1[C@@H]2CC[C@H]1N(Cc1ccc3c(c1)C(=O)N(C1CCC(=O)NC1=O)C3=O)C2. The summed E-state index contributed by atoms with van der Waals surface area (Å²) >= 11 is 0. The maximum atomic E-state index is 12.9. The van der Waals surface area contributed by atoms with E-state index in [-0.39, 0.29) is 24.8 Å². The zero-order chi connectivity index (χ0) is 19.6. The molecule has 4 atom stereocenters. The van der Waals surface area contributed by atoms with Gasteiger partial charge in [0.05, 0.1) is 11.1 Å². The van der Waals surface area contributed by atoms with E-state index in [1.807, 2.05) is 6.07 Å². The van der Waals surface area contributed by atoms with Crippen molar-refractivity contribution in [1.29, 1.82) is 0 Å². The summed E-state index contributed by atoms with van der Waals surface area (Å²) in [5.74, 6) is -1.35. The molecule has 1 aliphatic carbocycles. The molecule has 3 N–H and O–H groups in total. The number of nitrogens with two attached hydrogens (primary N) is 1. The summed E-state index contributed by atoms with van der Waals surface area (Å²) in [6.07, 6.45) is 2.57. The first kappa shape index (κ1) is 17.5. The van der Waals surface area contributed by atoms with Crippen LogP contribution in [0.4, 0.5) is 0 Å². The van der Waals surface area contributed by atoms with Crippen molar-refractivity contribution in [2.75, 3.05) is 6.54 Å². The second-order valence-electron chi connectivity index (χ2n) is 8.24. The number of nitrogens with one attached hydrogen (secondary N) is 1. The van der Waals surface area contributed by atoms with Gasteiger partial charge in [0.2, 0.25) is 11.8 Å². The lowest BCUT2D eigenvalue weighted by Gasteiger charge is -2.27. The molecule has 2 saturated heterocycles. The molecule has 3 aliphatic heterocycles. The lowest BCUT2D eigenvalue weighted by atomic mass is 10.0. The van der Waals surface area contributed by atoms with Crippen LogP contribution in [0, 0.1) is 5.92 Å². The molecule has 0 radical (unpaired) electrons. The van der Waals surface area contributed by atoms with Crippen LogP contribution >= 0.6 is 0 Å². The van der Waals surface area contributed by atoms with Crippen LogP contribution in [-0.4, -0.2) is 58.1 Å². The highest BCUT2D eigenvalue weighted by molar-refractivity contribution is 6.23. The Hall–Kier alpha value is -2.58. The minimum absolute atomic E-state index is 0.118. The van der Waals surface area contributed by atoms with E-state index in [9.17, 15) is 19.2 Å². The van der Waals surface area contributed by atoms with Crippen molar-refractivity contribution in [3.63, 3.8) is 0 Å². The van der Waals surface area contributed by atoms with Gasteiger partial charge in [-0.15, -0.1) is 0 Å². The Balaban J connectivity index is 1.37. The number of fused-ring (bicyclic) bond motifs is 3. The van der Waals surface area contributed by atoms with Gasteiger partial charge in [0, 0.05) is 31.6 Å². The predicted molar refractivity (Wildman–Crippen MR) is 98.0 cm³/mol. The third kappa shape index (κ3) is 2.51. The maximum Gasteiger partial charge on any atom is 0.262 e. The first-order valence-electron chi connectivity index (χ1n) is 9.78. The van der Waals surface area contributed by atoms with E-state index in [1.54, 1.807) is 12.1 Å². The van der Waals surface area contributed by atoms with Crippen molar-refractivity contribution in [2.24, 2.45) is 11.7 Å². The number of likely N-dealkylation sites (tertiary alicyclic amines) is 1. The molecule has 0 spiro atoms. The average Bonchev–Trinajstić information content (AvgIpc) is 3.25. The largest absolute Gasteiger partial charge is 0.326 e. The summed E-state index contributed by atoms with van der Waals surface area (Å²) in [6.45, 7) is 1.67. The molecule has 1 aromatic carbocycles. The van der Waals surface area contributed by atoms with Gasteiger partial charge in [-0.25, -0.2) is 0 Å². The maximum absolute atomic E-state index is 12.9. The van der Waals surface area contributed by atoms with Crippen LogP contribution in [0.1, 0.15) is 52.0 Å². The molecular weight excluding hydrogens is 360 g/mol. The zero-order valence-corrected chi connectivity index (χ0v) is 15.4. The minimum Gasteiger partial charge on any atom is -0.326 e. The topological polar surface area (TPSA) is 113 Å². The van der Waals surface area contributed by atoms with Gasteiger partial charge in [0.1, 0.15) is 6.04 Å².